The van der Waals surface area contributed by atoms with E-state index in [0.717, 1.165) is 12.4 Å². The Labute approximate surface area is 96.0 Å². The Bertz CT molecular complexity index is 336. The van der Waals surface area contributed by atoms with Gasteiger partial charge in [-0.25, -0.2) is 4.98 Å². The normalized spacial score (nSPS) is 10.8. The first-order valence-electron chi connectivity index (χ1n) is 5.43. The number of nitrogens with zero attached hydrogens (tertiary/aromatic N) is 3. The molecular formula is C11H19N3O2. The molecular weight excluding hydrogens is 206 g/mol. The molecule has 0 aliphatic rings. The van der Waals surface area contributed by atoms with Crippen molar-refractivity contribution in [2.75, 3.05) is 20.2 Å². The van der Waals surface area contributed by atoms with Crippen LogP contribution in [0.5, 0.6) is 0 Å². The van der Waals surface area contributed by atoms with Crippen LogP contribution in [0, 0.1) is 0 Å². The molecule has 1 rings (SSSR count). The fourth-order valence-electron chi connectivity index (χ4n) is 1.38. The number of aryl methyl sites for hydroxylation is 1. The maximum absolute atomic E-state index is 11.1. The van der Waals surface area contributed by atoms with Crippen molar-refractivity contribution in [1.82, 2.24) is 14.5 Å². The molecule has 0 saturated carbocycles. The van der Waals surface area contributed by atoms with Crippen LogP contribution in [0.15, 0.2) is 12.4 Å². The summed E-state index contributed by atoms with van der Waals surface area (Å²) < 4.78 is 6.84. The summed E-state index contributed by atoms with van der Waals surface area (Å²) in [6.45, 7) is 3.69. The molecule has 90 valence electrons. The summed E-state index contributed by atoms with van der Waals surface area (Å²) in [4.78, 5) is 17.4. The predicted molar refractivity (Wildman–Crippen MR) is 60.8 cm³/mol. The van der Waals surface area contributed by atoms with Gasteiger partial charge in [-0.2, -0.15) is 0 Å². The van der Waals surface area contributed by atoms with Gasteiger partial charge in [0.25, 0.3) is 0 Å². The van der Waals surface area contributed by atoms with Gasteiger partial charge in [-0.3, -0.25) is 9.69 Å². The van der Waals surface area contributed by atoms with Gasteiger partial charge in [0.05, 0.1) is 19.6 Å². The number of hydrogen-bond donors (Lipinski definition) is 0. The third-order valence-corrected chi connectivity index (χ3v) is 2.34. The van der Waals surface area contributed by atoms with E-state index in [-0.39, 0.29) is 5.97 Å². The molecule has 0 spiro atoms. The third kappa shape index (κ3) is 4.02. The second-order valence-electron chi connectivity index (χ2n) is 3.75. The van der Waals surface area contributed by atoms with Crippen molar-refractivity contribution in [3.8, 4) is 0 Å². The van der Waals surface area contributed by atoms with Gasteiger partial charge in [-0.15, -0.1) is 0 Å². The number of imidazole rings is 1. The minimum Gasteiger partial charge on any atom is -0.466 e. The molecule has 0 atom stereocenters. The van der Waals surface area contributed by atoms with Crippen LogP contribution in [0.4, 0.5) is 0 Å². The molecule has 0 amide bonds. The lowest BCUT2D eigenvalue weighted by Crippen LogP contribution is -2.23. The van der Waals surface area contributed by atoms with Crippen LogP contribution in [-0.2, 0) is 23.1 Å². The van der Waals surface area contributed by atoms with Crippen molar-refractivity contribution >= 4 is 5.97 Å². The van der Waals surface area contributed by atoms with Gasteiger partial charge < -0.3 is 9.30 Å². The Balaban J connectivity index is 2.28. The minimum atomic E-state index is -0.144. The summed E-state index contributed by atoms with van der Waals surface area (Å²) in [5.41, 5.74) is 0. The van der Waals surface area contributed by atoms with Crippen molar-refractivity contribution in [3.63, 3.8) is 0 Å². The first kappa shape index (κ1) is 12.7. The van der Waals surface area contributed by atoms with E-state index in [1.807, 2.05) is 31.8 Å². The van der Waals surface area contributed by atoms with Crippen molar-refractivity contribution in [3.05, 3.63) is 18.2 Å². The highest BCUT2D eigenvalue weighted by Gasteiger charge is 2.07. The van der Waals surface area contributed by atoms with Crippen molar-refractivity contribution in [2.24, 2.45) is 7.05 Å². The monoisotopic (exact) mass is 225 g/mol. The Kier molecular flexibility index (Phi) is 4.98. The largest absolute Gasteiger partial charge is 0.466 e. The standard InChI is InChI=1S/C11H19N3O2/c1-4-16-11(15)5-7-13(2)9-10-12-6-8-14(10)3/h6,8H,4-5,7,9H2,1-3H3. The summed E-state index contributed by atoms with van der Waals surface area (Å²) in [6, 6.07) is 0. The van der Waals surface area contributed by atoms with E-state index in [9.17, 15) is 4.79 Å². The topological polar surface area (TPSA) is 47.4 Å². The SMILES string of the molecule is CCOC(=O)CCN(C)Cc1nccn1C. The molecule has 0 aliphatic heterocycles. The van der Waals surface area contributed by atoms with E-state index < -0.39 is 0 Å². The molecule has 0 N–H and O–H groups in total. The maximum Gasteiger partial charge on any atom is 0.307 e. The molecule has 16 heavy (non-hydrogen) atoms. The molecule has 0 aliphatic carbocycles. The molecule has 0 saturated heterocycles. The maximum atomic E-state index is 11.1. The first-order valence-corrected chi connectivity index (χ1v) is 5.43. The molecule has 0 fully saturated rings. The van der Waals surface area contributed by atoms with E-state index in [2.05, 4.69) is 9.88 Å². The zero-order valence-electron chi connectivity index (χ0n) is 10.1. The lowest BCUT2D eigenvalue weighted by molar-refractivity contribution is -0.143. The van der Waals surface area contributed by atoms with Crippen LogP contribution in [0.3, 0.4) is 0 Å². The lowest BCUT2D eigenvalue weighted by atomic mass is 10.4. The molecule has 1 heterocycles. The second-order valence-corrected chi connectivity index (χ2v) is 3.75. The van der Waals surface area contributed by atoms with Gasteiger partial charge in [0.1, 0.15) is 5.82 Å². The van der Waals surface area contributed by atoms with Crippen LogP contribution < -0.4 is 0 Å². The molecule has 0 unspecified atom stereocenters. The zero-order chi connectivity index (χ0) is 12.0. The fourth-order valence-corrected chi connectivity index (χ4v) is 1.38. The number of carbonyl (C=O) groups excluding carboxylic acids is 1. The lowest BCUT2D eigenvalue weighted by Gasteiger charge is -2.15. The van der Waals surface area contributed by atoms with Crippen LogP contribution >= 0.6 is 0 Å². The molecule has 1 aromatic heterocycles. The van der Waals surface area contributed by atoms with Gasteiger partial charge in [0.2, 0.25) is 0 Å². The number of hydrogen-bond acceptors (Lipinski definition) is 4. The number of ether oxygens (including phenoxy) is 1. The van der Waals surface area contributed by atoms with E-state index in [1.54, 1.807) is 6.20 Å². The molecule has 0 radical (unpaired) electrons. The van der Waals surface area contributed by atoms with E-state index >= 15 is 0 Å². The van der Waals surface area contributed by atoms with E-state index in [0.29, 0.717) is 19.6 Å². The van der Waals surface area contributed by atoms with Crippen LogP contribution in [0.1, 0.15) is 19.2 Å². The predicted octanol–water partition coefficient (Wildman–Crippen LogP) is 0.805. The van der Waals surface area contributed by atoms with Gasteiger partial charge in [-0.05, 0) is 14.0 Å². The average molecular weight is 225 g/mol. The third-order valence-electron chi connectivity index (χ3n) is 2.34. The van der Waals surface area contributed by atoms with E-state index in [4.69, 9.17) is 4.74 Å². The minimum absolute atomic E-state index is 0.144. The highest BCUT2D eigenvalue weighted by Crippen LogP contribution is 2.00. The Morgan fingerprint density at radius 1 is 1.62 bits per heavy atom. The fraction of sp³-hybridized carbons (Fsp3) is 0.636. The van der Waals surface area contributed by atoms with Crippen LogP contribution in [0.25, 0.3) is 0 Å². The number of rotatable bonds is 6. The summed E-state index contributed by atoms with van der Waals surface area (Å²) in [7, 11) is 3.93. The summed E-state index contributed by atoms with van der Waals surface area (Å²) in [6.07, 6.45) is 4.11. The highest BCUT2D eigenvalue weighted by atomic mass is 16.5. The van der Waals surface area contributed by atoms with Gasteiger partial charge in [0, 0.05) is 26.0 Å². The van der Waals surface area contributed by atoms with Gasteiger partial charge in [0.15, 0.2) is 0 Å². The molecule has 1 aromatic rings. The molecule has 0 bridgehead atoms. The van der Waals surface area contributed by atoms with E-state index in [1.165, 1.54) is 0 Å². The zero-order valence-corrected chi connectivity index (χ0v) is 10.1. The second kappa shape index (κ2) is 6.27. The van der Waals surface area contributed by atoms with Crippen molar-refractivity contribution in [2.45, 2.75) is 19.9 Å². The Hall–Kier alpha value is -1.36. The summed E-state index contributed by atoms with van der Waals surface area (Å²) in [5.74, 6) is 0.848. The van der Waals surface area contributed by atoms with Crippen molar-refractivity contribution < 1.29 is 9.53 Å². The van der Waals surface area contributed by atoms with Gasteiger partial charge >= 0.3 is 5.97 Å². The summed E-state index contributed by atoms with van der Waals surface area (Å²) in [5, 5.41) is 0. The Morgan fingerprint density at radius 3 is 2.94 bits per heavy atom. The first-order chi connectivity index (χ1) is 7.63. The quantitative estimate of drug-likeness (QED) is 0.672. The van der Waals surface area contributed by atoms with Crippen molar-refractivity contribution in [1.29, 1.82) is 0 Å². The molecule has 0 aromatic carbocycles. The number of carbonyl (C=O) groups is 1. The average Bonchev–Trinajstić information content (AvgIpc) is 2.62. The Morgan fingerprint density at radius 2 is 2.38 bits per heavy atom. The number of esters is 1. The number of aromatic nitrogens is 2. The van der Waals surface area contributed by atoms with Crippen LogP contribution in [-0.4, -0.2) is 40.6 Å². The molecule has 5 nitrogen and oxygen atoms in total. The van der Waals surface area contributed by atoms with Gasteiger partial charge in [-0.1, -0.05) is 0 Å². The smallest absolute Gasteiger partial charge is 0.307 e. The van der Waals surface area contributed by atoms with Crippen LogP contribution in [0.2, 0.25) is 0 Å². The summed E-state index contributed by atoms with van der Waals surface area (Å²) >= 11 is 0. The molecule has 5 heteroatoms. The highest BCUT2D eigenvalue weighted by molar-refractivity contribution is 5.69.